The average molecular weight is 198 g/mol. The minimum atomic E-state index is 0.0969. The van der Waals surface area contributed by atoms with Gasteiger partial charge in [-0.05, 0) is 26.8 Å². The van der Waals surface area contributed by atoms with E-state index in [-0.39, 0.29) is 11.8 Å². The van der Waals surface area contributed by atoms with Crippen LogP contribution in [0.4, 0.5) is 0 Å². The van der Waals surface area contributed by atoms with Gasteiger partial charge in [0, 0.05) is 24.5 Å². The third kappa shape index (κ3) is 2.98. The summed E-state index contributed by atoms with van der Waals surface area (Å²) in [5.41, 5.74) is 0. The first kappa shape index (κ1) is 11.5. The van der Waals surface area contributed by atoms with Gasteiger partial charge in [-0.2, -0.15) is 0 Å². The maximum Gasteiger partial charge on any atom is 0.222 e. The molecule has 1 aliphatic rings. The summed E-state index contributed by atoms with van der Waals surface area (Å²) < 4.78 is 0. The zero-order valence-corrected chi connectivity index (χ0v) is 9.71. The first-order valence-corrected chi connectivity index (χ1v) is 5.51. The summed E-state index contributed by atoms with van der Waals surface area (Å²) in [6, 6.07) is 1.01. The van der Waals surface area contributed by atoms with Crippen molar-refractivity contribution in [3.63, 3.8) is 0 Å². The van der Waals surface area contributed by atoms with Crippen molar-refractivity contribution in [3.8, 4) is 0 Å². The summed E-state index contributed by atoms with van der Waals surface area (Å²) in [6.45, 7) is 7.09. The van der Waals surface area contributed by atoms with Gasteiger partial charge in [-0.25, -0.2) is 0 Å². The molecule has 3 nitrogen and oxygen atoms in total. The van der Waals surface area contributed by atoms with Crippen LogP contribution < -0.4 is 5.32 Å². The Labute approximate surface area is 86.9 Å². The van der Waals surface area contributed by atoms with Crippen molar-refractivity contribution in [1.29, 1.82) is 0 Å². The van der Waals surface area contributed by atoms with Crippen LogP contribution in [0.5, 0.6) is 0 Å². The van der Waals surface area contributed by atoms with Gasteiger partial charge in [-0.3, -0.25) is 4.79 Å². The van der Waals surface area contributed by atoms with E-state index in [2.05, 4.69) is 24.2 Å². The molecule has 0 bridgehead atoms. The lowest BCUT2D eigenvalue weighted by Gasteiger charge is -2.35. The SMILES string of the molecule is CC(C)C(=O)NC1CCC(C)N(C)C1. The lowest BCUT2D eigenvalue weighted by Crippen LogP contribution is -2.50. The average Bonchev–Trinajstić information content (AvgIpc) is 2.11. The minimum Gasteiger partial charge on any atom is -0.352 e. The second-order valence-corrected chi connectivity index (χ2v) is 4.73. The Bertz CT molecular complexity index is 203. The molecule has 0 aromatic heterocycles. The maximum atomic E-state index is 11.5. The third-order valence-corrected chi connectivity index (χ3v) is 3.06. The Morgan fingerprint density at radius 3 is 2.57 bits per heavy atom. The van der Waals surface area contributed by atoms with Crippen molar-refractivity contribution < 1.29 is 4.79 Å². The zero-order chi connectivity index (χ0) is 10.7. The Morgan fingerprint density at radius 1 is 1.43 bits per heavy atom. The molecule has 0 saturated carbocycles. The molecule has 0 radical (unpaired) electrons. The molecule has 1 fully saturated rings. The van der Waals surface area contributed by atoms with E-state index in [0.29, 0.717) is 12.1 Å². The number of likely N-dealkylation sites (tertiary alicyclic amines) is 1. The molecule has 1 aliphatic heterocycles. The molecule has 2 atom stereocenters. The smallest absolute Gasteiger partial charge is 0.222 e. The van der Waals surface area contributed by atoms with Gasteiger partial charge in [0.05, 0.1) is 0 Å². The number of rotatable bonds is 2. The molecular weight excluding hydrogens is 176 g/mol. The van der Waals surface area contributed by atoms with Crippen molar-refractivity contribution >= 4 is 5.91 Å². The normalized spacial score (nSPS) is 29.2. The topological polar surface area (TPSA) is 32.3 Å². The maximum absolute atomic E-state index is 11.5. The molecule has 1 N–H and O–H groups in total. The quantitative estimate of drug-likeness (QED) is 0.724. The monoisotopic (exact) mass is 198 g/mol. The fourth-order valence-corrected chi connectivity index (χ4v) is 1.77. The minimum absolute atomic E-state index is 0.0969. The Kier molecular flexibility index (Phi) is 3.93. The zero-order valence-electron chi connectivity index (χ0n) is 9.71. The highest BCUT2D eigenvalue weighted by atomic mass is 16.1. The van der Waals surface area contributed by atoms with E-state index >= 15 is 0 Å². The number of nitrogens with zero attached hydrogens (tertiary/aromatic N) is 1. The molecule has 0 aromatic carbocycles. The van der Waals surface area contributed by atoms with Crippen LogP contribution in [0.1, 0.15) is 33.6 Å². The van der Waals surface area contributed by atoms with Crippen molar-refractivity contribution in [2.75, 3.05) is 13.6 Å². The fourth-order valence-electron chi connectivity index (χ4n) is 1.77. The van der Waals surface area contributed by atoms with Crippen LogP contribution in [-0.4, -0.2) is 36.5 Å². The van der Waals surface area contributed by atoms with E-state index in [1.807, 2.05) is 13.8 Å². The summed E-state index contributed by atoms with van der Waals surface area (Å²) in [7, 11) is 2.12. The van der Waals surface area contributed by atoms with E-state index < -0.39 is 0 Å². The van der Waals surface area contributed by atoms with E-state index in [1.54, 1.807) is 0 Å². The highest BCUT2D eigenvalue weighted by Crippen LogP contribution is 2.15. The van der Waals surface area contributed by atoms with Crippen molar-refractivity contribution in [2.45, 2.75) is 45.7 Å². The van der Waals surface area contributed by atoms with E-state index in [9.17, 15) is 4.79 Å². The molecule has 3 heteroatoms. The highest BCUT2D eigenvalue weighted by molar-refractivity contribution is 5.78. The Hall–Kier alpha value is -0.570. The molecule has 14 heavy (non-hydrogen) atoms. The summed E-state index contributed by atoms with van der Waals surface area (Å²) >= 11 is 0. The number of piperidine rings is 1. The molecule has 1 saturated heterocycles. The van der Waals surface area contributed by atoms with Crippen molar-refractivity contribution in [3.05, 3.63) is 0 Å². The molecule has 0 spiro atoms. The largest absolute Gasteiger partial charge is 0.352 e. The Morgan fingerprint density at radius 2 is 2.07 bits per heavy atom. The van der Waals surface area contributed by atoms with Gasteiger partial charge in [0.1, 0.15) is 0 Å². The highest BCUT2D eigenvalue weighted by Gasteiger charge is 2.24. The van der Waals surface area contributed by atoms with Crippen LogP contribution in [0.15, 0.2) is 0 Å². The van der Waals surface area contributed by atoms with Crippen LogP contribution in [-0.2, 0) is 4.79 Å². The molecule has 1 rings (SSSR count). The standard InChI is InChI=1S/C11H22N2O/c1-8(2)11(14)12-10-6-5-9(3)13(4)7-10/h8-10H,5-7H2,1-4H3,(H,12,14). The molecule has 0 aliphatic carbocycles. The predicted molar refractivity (Wildman–Crippen MR) is 58.1 cm³/mol. The van der Waals surface area contributed by atoms with Gasteiger partial charge in [0.15, 0.2) is 0 Å². The van der Waals surface area contributed by atoms with Crippen LogP contribution in [0.2, 0.25) is 0 Å². The van der Waals surface area contributed by atoms with Gasteiger partial charge in [0.25, 0.3) is 0 Å². The van der Waals surface area contributed by atoms with Gasteiger partial charge in [0.2, 0.25) is 5.91 Å². The van der Waals surface area contributed by atoms with Crippen LogP contribution in [0.25, 0.3) is 0 Å². The first-order chi connectivity index (χ1) is 6.50. The lowest BCUT2D eigenvalue weighted by molar-refractivity contribution is -0.125. The molecule has 0 aromatic rings. The number of amides is 1. The number of carbonyl (C=O) groups excluding carboxylic acids is 1. The molecule has 1 amide bonds. The summed E-state index contributed by atoms with van der Waals surface area (Å²) in [5, 5.41) is 3.09. The number of carbonyl (C=O) groups is 1. The van der Waals surface area contributed by atoms with E-state index in [4.69, 9.17) is 0 Å². The number of likely N-dealkylation sites (N-methyl/N-ethyl adjacent to an activating group) is 1. The third-order valence-electron chi connectivity index (χ3n) is 3.06. The van der Waals surface area contributed by atoms with Crippen molar-refractivity contribution in [2.24, 2.45) is 5.92 Å². The first-order valence-electron chi connectivity index (χ1n) is 5.51. The van der Waals surface area contributed by atoms with Crippen molar-refractivity contribution in [1.82, 2.24) is 10.2 Å². The Balaban J connectivity index is 2.37. The van der Waals surface area contributed by atoms with E-state index in [1.165, 1.54) is 6.42 Å². The molecule has 82 valence electrons. The van der Waals surface area contributed by atoms with Gasteiger partial charge >= 0.3 is 0 Å². The number of hydrogen-bond acceptors (Lipinski definition) is 2. The van der Waals surface area contributed by atoms with E-state index in [0.717, 1.165) is 13.0 Å². The van der Waals surface area contributed by atoms with Gasteiger partial charge in [-0.1, -0.05) is 13.8 Å². The second kappa shape index (κ2) is 4.78. The predicted octanol–water partition coefficient (Wildman–Crippen LogP) is 1.24. The number of hydrogen-bond donors (Lipinski definition) is 1. The summed E-state index contributed by atoms with van der Waals surface area (Å²) in [6.07, 6.45) is 2.30. The summed E-state index contributed by atoms with van der Waals surface area (Å²) in [5.74, 6) is 0.276. The molecule has 1 heterocycles. The number of nitrogens with one attached hydrogen (secondary N) is 1. The molecule has 2 unspecified atom stereocenters. The van der Waals surface area contributed by atoms with Gasteiger partial charge in [-0.15, -0.1) is 0 Å². The fraction of sp³-hybridized carbons (Fsp3) is 0.909. The van der Waals surface area contributed by atoms with Crippen LogP contribution >= 0.6 is 0 Å². The second-order valence-electron chi connectivity index (χ2n) is 4.73. The van der Waals surface area contributed by atoms with Crippen LogP contribution in [0, 0.1) is 5.92 Å². The lowest BCUT2D eigenvalue weighted by atomic mass is 9.99. The van der Waals surface area contributed by atoms with Gasteiger partial charge < -0.3 is 10.2 Å². The molecular formula is C11H22N2O. The van der Waals surface area contributed by atoms with Crippen LogP contribution in [0.3, 0.4) is 0 Å². The summed E-state index contributed by atoms with van der Waals surface area (Å²) in [4.78, 5) is 13.8.